The van der Waals surface area contributed by atoms with Gasteiger partial charge in [-0.2, -0.15) is 0 Å². The lowest BCUT2D eigenvalue weighted by atomic mass is 9.90. The Hall–Kier alpha value is -0.930. The highest BCUT2D eigenvalue weighted by Gasteiger charge is 2.16. The maximum Gasteiger partial charge on any atom is 0.141 e. The van der Waals surface area contributed by atoms with E-state index in [1.54, 1.807) is 13.2 Å². The summed E-state index contributed by atoms with van der Waals surface area (Å²) in [5, 5.41) is 13.8. The third-order valence-corrected chi connectivity index (χ3v) is 3.62. The van der Waals surface area contributed by atoms with Crippen LogP contribution >= 0.6 is 11.6 Å². The lowest BCUT2D eigenvalue weighted by molar-refractivity contribution is 0.364. The maximum absolute atomic E-state index is 9.92. The molecule has 2 rings (SSSR count). The van der Waals surface area contributed by atoms with Gasteiger partial charge in [0.1, 0.15) is 11.5 Å². The van der Waals surface area contributed by atoms with Crippen molar-refractivity contribution in [2.45, 2.75) is 19.3 Å². The summed E-state index contributed by atoms with van der Waals surface area (Å²) in [7, 11) is 1.55. The molecule has 0 bridgehead atoms. The van der Waals surface area contributed by atoms with E-state index in [1.165, 1.54) is 0 Å². The van der Waals surface area contributed by atoms with Crippen molar-refractivity contribution in [3.63, 3.8) is 0 Å². The Kier molecular flexibility index (Phi) is 4.13. The number of rotatable bonds is 3. The normalized spacial score (nSPS) is 17.1. The molecule has 1 aliphatic heterocycles. The summed E-state index contributed by atoms with van der Waals surface area (Å²) in [5.41, 5.74) is 0.919. The molecule has 1 heterocycles. The molecule has 1 aromatic rings. The first-order chi connectivity index (χ1) is 8.20. The number of ether oxygens (including phenoxy) is 1. The van der Waals surface area contributed by atoms with E-state index < -0.39 is 0 Å². The predicted octanol–water partition coefficient (Wildman–Crippen LogP) is 2.60. The van der Waals surface area contributed by atoms with Gasteiger partial charge in [0.2, 0.25) is 0 Å². The average Bonchev–Trinajstić information content (AvgIpc) is 2.34. The first kappa shape index (κ1) is 12.5. The monoisotopic (exact) mass is 255 g/mol. The van der Waals surface area contributed by atoms with Crippen LogP contribution in [0.1, 0.15) is 18.4 Å². The summed E-state index contributed by atoms with van der Waals surface area (Å²) in [5.74, 6) is 1.44. The SMILES string of the molecule is COc1cc(O)c(CC2CCNCC2)cc1Cl. The minimum Gasteiger partial charge on any atom is -0.508 e. The van der Waals surface area contributed by atoms with Crippen LogP contribution in [0.15, 0.2) is 12.1 Å². The van der Waals surface area contributed by atoms with Crippen molar-refractivity contribution < 1.29 is 9.84 Å². The Bertz CT molecular complexity index is 389. The lowest BCUT2D eigenvalue weighted by Crippen LogP contribution is -2.28. The van der Waals surface area contributed by atoms with Gasteiger partial charge in [0.15, 0.2) is 0 Å². The van der Waals surface area contributed by atoms with Crippen molar-refractivity contribution >= 4 is 11.6 Å². The van der Waals surface area contributed by atoms with Gasteiger partial charge in [-0.05, 0) is 49.9 Å². The molecule has 94 valence electrons. The molecule has 0 radical (unpaired) electrons. The smallest absolute Gasteiger partial charge is 0.141 e. The summed E-state index contributed by atoms with van der Waals surface area (Å²) in [4.78, 5) is 0. The molecule has 4 heteroatoms. The zero-order chi connectivity index (χ0) is 12.3. The Labute approximate surface area is 107 Å². The Morgan fingerprint density at radius 2 is 2.12 bits per heavy atom. The average molecular weight is 256 g/mol. The van der Waals surface area contributed by atoms with Gasteiger partial charge in [-0.1, -0.05) is 11.6 Å². The van der Waals surface area contributed by atoms with E-state index >= 15 is 0 Å². The number of benzene rings is 1. The van der Waals surface area contributed by atoms with E-state index in [1.807, 2.05) is 6.07 Å². The summed E-state index contributed by atoms with van der Waals surface area (Å²) in [6.07, 6.45) is 3.20. The summed E-state index contributed by atoms with van der Waals surface area (Å²) >= 11 is 6.07. The lowest BCUT2D eigenvalue weighted by Gasteiger charge is -2.23. The molecule has 17 heavy (non-hydrogen) atoms. The van der Waals surface area contributed by atoms with Crippen molar-refractivity contribution in [2.24, 2.45) is 5.92 Å². The van der Waals surface area contributed by atoms with Gasteiger partial charge in [-0.15, -0.1) is 0 Å². The molecular weight excluding hydrogens is 238 g/mol. The molecule has 0 spiro atoms. The topological polar surface area (TPSA) is 41.5 Å². The van der Waals surface area contributed by atoms with E-state index in [9.17, 15) is 5.11 Å². The molecule has 0 aliphatic carbocycles. The van der Waals surface area contributed by atoms with E-state index in [-0.39, 0.29) is 5.75 Å². The molecule has 2 N–H and O–H groups in total. The van der Waals surface area contributed by atoms with Crippen LogP contribution in [0.2, 0.25) is 5.02 Å². The largest absolute Gasteiger partial charge is 0.508 e. The van der Waals surface area contributed by atoms with Crippen molar-refractivity contribution in [3.05, 3.63) is 22.7 Å². The minimum absolute atomic E-state index is 0.282. The Balaban J connectivity index is 2.12. The van der Waals surface area contributed by atoms with E-state index in [2.05, 4.69) is 5.32 Å². The van der Waals surface area contributed by atoms with Crippen molar-refractivity contribution in [2.75, 3.05) is 20.2 Å². The molecule has 1 aromatic carbocycles. The Morgan fingerprint density at radius 3 is 2.76 bits per heavy atom. The molecular formula is C13H18ClNO2. The van der Waals surface area contributed by atoms with E-state index in [0.29, 0.717) is 16.7 Å². The van der Waals surface area contributed by atoms with Crippen LogP contribution in [0.5, 0.6) is 11.5 Å². The molecule has 0 aromatic heterocycles. The molecule has 1 aliphatic rings. The van der Waals surface area contributed by atoms with Gasteiger partial charge in [0, 0.05) is 6.07 Å². The highest BCUT2D eigenvalue weighted by molar-refractivity contribution is 6.32. The second-order valence-electron chi connectivity index (χ2n) is 4.51. The van der Waals surface area contributed by atoms with Crippen molar-refractivity contribution in [1.29, 1.82) is 0 Å². The fraction of sp³-hybridized carbons (Fsp3) is 0.538. The standard InChI is InChI=1S/C13H18ClNO2/c1-17-13-8-12(16)10(7-11(13)14)6-9-2-4-15-5-3-9/h7-9,15-16H,2-6H2,1H3. The number of hydrogen-bond donors (Lipinski definition) is 2. The van der Waals surface area contributed by atoms with Crippen molar-refractivity contribution in [3.8, 4) is 11.5 Å². The number of aromatic hydroxyl groups is 1. The summed E-state index contributed by atoms with van der Waals surface area (Å²) in [6.45, 7) is 2.13. The fourth-order valence-electron chi connectivity index (χ4n) is 2.30. The zero-order valence-corrected chi connectivity index (χ0v) is 10.8. The highest BCUT2D eigenvalue weighted by atomic mass is 35.5. The Morgan fingerprint density at radius 1 is 1.41 bits per heavy atom. The second kappa shape index (κ2) is 5.61. The van der Waals surface area contributed by atoms with Crippen LogP contribution in [0.4, 0.5) is 0 Å². The quantitative estimate of drug-likeness (QED) is 0.872. The number of phenolic OH excluding ortho intramolecular Hbond substituents is 1. The third kappa shape index (κ3) is 3.05. The molecule has 0 unspecified atom stereocenters. The van der Waals surface area contributed by atoms with Crippen LogP contribution in [-0.2, 0) is 6.42 Å². The van der Waals surface area contributed by atoms with Crippen LogP contribution in [0, 0.1) is 5.92 Å². The number of halogens is 1. The van der Waals surface area contributed by atoms with Crippen molar-refractivity contribution in [1.82, 2.24) is 5.32 Å². The van der Waals surface area contributed by atoms with Gasteiger partial charge >= 0.3 is 0 Å². The number of piperidine rings is 1. The van der Waals surface area contributed by atoms with Gasteiger partial charge in [-0.25, -0.2) is 0 Å². The van der Waals surface area contributed by atoms with Crippen LogP contribution in [0.25, 0.3) is 0 Å². The highest BCUT2D eigenvalue weighted by Crippen LogP contribution is 2.34. The maximum atomic E-state index is 9.92. The first-order valence-electron chi connectivity index (χ1n) is 5.97. The van der Waals surface area contributed by atoms with E-state index in [0.717, 1.165) is 37.9 Å². The zero-order valence-electron chi connectivity index (χ0n) is 10.0. The number of methoxy groups -OCH3 is 1. The molecule has 1 saturated heterocycles. The second-order valence-corrected chi connectivity index (χ2v) is 4.92. The molecule has 0 amide bonds. The van der Waals surface area contributed by atoms with Gasteiger partial charge in [-0.3, -0.25) is 0 Å². The van der Waals surface area contributed by atoms with Gasteiger partial charge in [0.05, 0.1) is 12.1 Å². The number of nitrogens with one attached hydrogen (secondary N) is 1. The number of hydrogen-bond acceptors (Lipinski definition) is 3. The number of phenols is 1. The summed E-state index contributed by atoms with van der Waals surface area (Å²) in [6, 6.07) is 3.41. The van der Waals surface area contributed by atoms with Crippen LogP contribution < -0.4 is 10.1 Å². The van der Waals surface area contributed by atoms with Gasteiger partial charge < -0.3 is 15.2 Å². The van der Waals surface area contributed by atoms with Gasteiger partial charge in [0.25, 0.3) is 0 Å². The van der Waals surface area contributed by atoms with E-state index in [4.69, 9.17) is 16.3 Å². The molecule has 0 atom stereocenters. The predicted molar refractivity (Wildman–Crippen MR) is 69.0 cm³/mol. The molecule has 1 fully saturated rings. The van der Waals surface area contributed by atoms with Crippen LogP contribution in [0.3, 0.4) is 0 Å². The first-order valence-corrected chi connectivity index (χ1v) is 6.34. The molecule has 3 nitrogen and oxygen atoms in total. The summed E-state index contributed by atoms with van der Waals surface area (Å²) < 4.78 is 5.07. The third-order valence-electron chi connectivity index (χ3n) is 3.32. The minimum atomic E-state index is 0.282. The van der Waals surface area contributed by atoms with Crippen LogP contribution in [-0.4, -0.2) is 25.3 Å². The molecule has 0 saturated carbocycles. The fourth-order valence-corrected chi connectivity index (χ4v) is 2.56.